The van der Waals surface area contributed by atoms with Gasteiger partial charge in [0.1, 0.15) is 0 Å². The fourth-order valence-electron chi connectivity index (χ4n) is 1.80. The van der Waals surface area contributed by atoms with Gasteiger partial charge in [-0.25, -0.2) is 8.42 Å². The second kappa shape index (κ2) is 7.57. The van der Waals surface area contributed by atoms with Crippen LogP contribution in [0.1, 0.15) is 45.2 Å². The summed E-state index contributed by atoms with van der Waals surface area (Å²) in [4.78, 5) is 0.466. The van der Waals surface area contributed by atoms with E-state index in [1.54, 1.807) is 6.07 Å². The van der Waals surface area contributed by atoms with Crippen molar-refractivity contribution in [2.75, 3.05) is 6.26 Å². The Morgan fingerprint density at radius 2 is 1.78 bits per heavy atom. The van der Waals surface area contributed by atoms with E-state index < -0.39 is 9.84 Å². The van der Waals surface area contributed by atoms with E-state index in [1.165, 1.54) is 6.26 Å². The zero-order chi connectivity index (χ0) is 14.3. The van der Waals surface area contributed by atoms with E-state index in [-0.39, 0.29) is 0 Å². The Bertz CT molecular complexity index is 461. The normalized spacial score (nSPS) is 12.6. The van der Waals surface area contributed by atoms with E-state index in [9.17, 15) is 8.42 Å². The van der Waals surface area contributed by atoms with Gasteiger partial charge in [0.15, 0.2) is 9.84 Å². The molecule has 104 valence electrons. The molecule has 3 heteroatoms. The Morgan fingerprint density at radius 3 is 2.22 bits per heavy atom. The molecule has 1 rings (SSSR count). The van der Waals surface area contributed by atoms with Crippen LogP contribution in [0.4, 0.5) is 0 Å². The van der Waals surface area contributed by atoms with Gasteiger partial charge in [-0.05, 0) is 36.5 Å². The van der Waals surface area contributed by atoms with Gasteiger partial charge in [-0.2, -0.15) is 0 Å². The maximum absolute atomic E-state index is 11.6. The van der Waals surface area contributed by atoms with Gasteiger partial charge in [0.2, 0.25) is 0 Å². The van der Waals surface area contributed by atoms with Crippen molar-refractivity contribution >= 4 is 9.84 Å². The highest BCUT2D eigenvalue weighted by Gasteiger charge is 2.13. The number of hydrogen-bond donors (Lipinski definition) is 0. The molecular weight excluding hydrogens is 244 g/mol. The summed E-state index contributed by atoms with van der Waals surface area (Å²) < 4.78 is 23.1. The monoisotopic (exact) mass is 270 g/mol. The van der Waals surface area contributed by atoms with Gasteiger partial charge in [-0.1, -0.05) is 46.2 Å². The quantitative estimate of drug-likeness (QED) is 0.828. The van der Waals surface area contributed by atoms with Crippen molar-refractivity contribution < 1.29 is 8.42 Å². The van der Waals surface area contributed by atoms with Gasteiger partial charge < -0.3 is 0 Å². The zero-order valence-corrected chi connectivity index (χ0v) is 13.3. The zero-order valence-electron chi connectivity index (χ0n) is 12.4. The first kappa shape index (κ1) is 17.2. The molecule has 1 aromatic rings. The van der Waals surface area contributed by atoms with Crippen LogP contribution in [0.3, 0.4) is 0 Å². The van der Waals surface area contributed by atoms with Crippen molar-refractivity contribution in [3.8, 4) is 0 Å². The molecule has 0 aliphatic rings. The number of benzene rings is 1. The molecule has 0 N–H and O–H groups in total. The second-order valence-electron chi connectivity index (χ2n) is 4.53. The topological polar surface area (TPSA) is 34.1 Å². The lowest BCUT2D eigenvalue weighted by Crippen LogP contribution is -2.05. The number of rotatable bonds is 4. The van der Waals surface area contributed by atoms with Crippen LogP contribution >= 0.6 is 0 Å². The predicted octanol–water partition coefficient (Wildman–Crippen LogP) is 4.01. The summed E-state index contributed by atoms with van der Waals surface area (Å²) >= 11 is 0. The third kappa shape index (κ3) is 4.81. The molecular formula is C15H26O2S. The molecule has 0 heterocycles. The highest BCUT2D eigenvalue weighted by Crippen LogP contribution is 2.22. The van der Waals surface area contributed by atoms with Crippen molar-refractivity contribution in [3.63, 3.8) is 0 Å². The lowest BCUT2D eigenvalue weighted by molar-refractivity contribution is 0.557. The molecule has 0 fully saturated rings. The molecule has 0 saturated carbocycles. The van der Waals surface area contributed by atoms with Crippen molar-refractivity contribution in [3.05, 3.63) is 29.3 Å². The van der Waals surface area contributed by atoms with E-state index in [0.29, 0.717) is 10.8 Å². The van der Waals surface area contributed by atoms with E-state index >= 15 is 0 Å². The summed E-state index contributed by atoms with van der Waals surface area (Å²) in [6, 6.07) is 5.54. The minimum absolute atomic E-state index is 0.466. The van der Waals surface area contributed by atoms with E-state index in [4.69, 9.17) is 0 Å². The Kier molecular flexibility index (Phi) is 7.22. The number of hydrogen-bond acceptors (Lipinski definition) is 2. The van der Waals surface area contributed by atoms with Gasteiger partial charge in [-0.3, -0.25) is 0 Å². The van der Waals surface area contributed by atoms with Gasteiger partial charge >= 0.3 is 0 Å². The molecule has 0 radical (unpaired) electrons. The summed E-state index contributed by atoms with van der Waals surface area (Å²) in [5, 5.41) is 0. The third-order valence-electron chi connectivity index (χ3n) is 3.06. The van der Waals surface area contributed by atoms with Crippen molar-refractivity contribution in [2.24, 2.45) is 5.92 Å². The van der Waals surface area contributed by atoms with Gasteiger partial charge in [0.05, 0.1) is 4.90 Å². The minimum atomic E-state index is -3.10. The largest absolute Gasteiger partial charge is 0.224 e. The molecule has 1 atom stereocenters. The lowest BCUT2D eigenvalue weighted by Gasteiger charge is -2.13. The Hall–Kier alpha value is -0.830. The van der Waals surface area contributed by atoms with Crippen LogP contribution in [0.25, 0.3) is 0 Å². The molecule has 0 aliphatic carbocycles. The molecule has 0 amide bonds. The second-order valence-corrected chi connectivity index (χ2v) is 6.51. The lowest BCUT2D eigenvalue weighted by atomic mass is 9.96. The summed E-state index contributed by atoms with van der Waals surface area (Å²) in [5.41, 5.74) is 2.06. The van der Waals surface area contributed by atoms with Crippen molar-refractivity contribution in [1.82, 2.24) is 0 Å². The summed E-state index contributed by atoms with van der Waals surface area (Å²) in [6.07, 6.45) is 3.33. The molecule has 2 nitrogen and oxygen atoms in total. The Balaban J connectivity index is 0.00000137. The van der Waals surface area contributed by atoms with Crippen molar-refractivity contribution in [1.29, 1.82) is 0 Å². The fraction of sp³-hybridized carbons (Fsp3) is 0.600. The molecule has 0 bridgehead atoms. The predicted molar refractivity (Wildman–Crippen MR) is 78.8 cm³/mol. The summed E-state index contributed by atoms with van der Waals surface area (Å²) in [7, 11) is -3.10. The van der Waals surface area contributed by atoms with E-state index in [2.05, 4.69) is 13.8 Å². The maximum Gasteiger partial charge on any atom is 0.175 e. The van der Waals surface area contributed by atoms with Gasteiger partial charge in [0.25, 0.3) is 0 Å². The van der Waals surface area contributed by atoms with Crippen LogP contribution in [-0.2, 0) is 16.3 Å². The van der Waals surface area contributed by atoms with Crippen LogP contribution < -0.4 is 0 Å². The standard InChI is InChI=1S/C13H20O2S.C2H6/c1-5-10(2)9-12-7-6-8-13(11(12)3)16(4,14)15;1-2/h6-8,10H,5,9H2,1-4H3;1-2H3. The SMILES string of the molecule is CC.CCC(C)Cc1cccc(S(C)(=O)=O)c1C. The Morgan fingerprint density at radius 1 is 1.22 bits per heavy atom. The number of sulfone groups is 1. The minimum Gasteiger partial charge on any atom is -0.224 e. The highest BCUT2D eigenvalue weighted by atomic mass is 32.2. The molecule has 0 spiro atoms. The average Bonchev–Trinajstić information content (AvgIpc) is 2.32. The smallest absolute Gasteiger partial charge is 0.175 e. The average molecular weight is 270 g/mol. The Labute approximate surface area is 112 Å². The van der Waals surface area contributed by atoms with Gasteiger partial charge in [0, 0.05) is 6.26 Å². The van der Waals surface area contributed by atoms with Crippen LogP contribution in [0, 0.1) is 12.8 Å². The van der Waals surface area contributed by atoms with Crippen LogP contribution in [0.2, 0.25) is 0 Å². The first-order valence-corrected chi connectivity index (χ1v) is 8.54. The summed E-state index contributed by atoms with van der Waals surface area (Å²) in [6.45, 7) is 10.2. The highest BCUT2D eigenvalue weighted by molar-refractivity contribution is 7.90. The van der Waals surface area contributed by atoms with E-state index in [1.807, 2.05) is 32.9 Å². The van der Waals surface area contributed by atoms with Crippen LogP contribution in [0.5, 0.6) is 0 Å². The molecule has 1 aromatic carbocycles. The molecule has 0 saturated heterocycles. The molecule has 1 unspecified atom stereocenters. The van der Waals surface area contributed by atoms with Crippen LogP contribution in [-0.4, -0.2) is 14.7 Å². The summed E-state index contributed by atoms with van der Waals surface area (Å²) in [5.74, 6) is 0.591. The molecule has 18 heavy (non-hydrogen) atoms. The molecule has 0 aliphatic heterocycles. The first-order valence-electron chi connectivity index (χ1n) is 6.64. The molecule has 0 aromatic heterocycles. The van der Waals surface area contributed by atoms with Crippen LogP contribution in [0.15, 0.2) is 23.1 Å². The third-order valence-corrected chi connectivity index (χ3v) is 4.30. The maximum atomic E-state index is 11.6. The van der Waals surface area contributed by atoms with Crippen molar-refractivity contribution in [2.45, 2.75) is 52.4 Å². The van der Waals surface area contributed by atoms with E-state index in [0.717, 1.165) is 24.0 Å². The first-order chi connectivity index (χ1) is 8.36. The fourth-order valence-corrected chi connectivity index (χ4v) is 2.82. The van der Waals surface area contributed by atoms with Gasteiger partial charge in [-0.15, -0.1) is 0 Å².